The second-order valence-corrected chi connectivity index (χ2v) is 5.73. The molecule has 0 bridgehead atoms. The SMILES string of the molecule is CN(C)c1cccc(OCCCC(CN)c2ccccc2)c1. The summed E-state index contributed by atoms with van der Waals surface area (Å²) in [5, 5.41) is 0. The third-order valence-electron chi connectivity index (χ3n) is 3.86. The van der Waals surface area contributed by atoms with Gasteiger partial charge in [0.2, 0.25) is 0 Å². The van der Waals surface area contributed by atoms with Crippen molar-refractivity contribution in [2.45, 2.75) is 18.8 Å². The molecule has 3 heteroatoms. The molecule has 2 rings (SSSR count). The van der Waals surface area contributed by atoms with E-state index in [1.54, 1.807) is 0 Å². The minimum atomic E-state index is 0.415. The van der Waals surface area contributed by atoms with Crippen LogP contribution in [0.4, 0.5) is 5.69 Å². The molecular weight excluding hydrogens is 272 g/mol. The fraction of sp³-hybridized carbons (Fsp3) is 0.368. The van der Waals surface area contributed by atoms with E-state index in [1.807, 2.05) is 32.3 Å². The number of rotatable bonds is 8. The summed E-state index contributed by atoms with van der Waals surface area (Å²) in [6.07, 6.45) is 2.05. The Morgan fingerprint density at radius 1 is 1.05 bits per heavy atom. The maximum atomic E-state index is 5.90. The van der Waals surface area contributed by atoms with Gasteiger partial charge in [-0.2, -0.15) is 0 Å². The molecule has 0 aliphatic heterocycles. The molecule has 2 aromatic rings. The summed E-state index contributed by atoms with van der Waals surface area (Å²) in [5.41, 5.74) is 8.38. The Hall–Kier alpha value is -2.00. The van der Waals surface area contributed by atoms with Crippen LogP contribution < -0.4 is 15.4 Å². The molecule has 0 aliphatic rings. The van der Waals surface area contributed by atoms with Crippen LogP contribution >= 0.6 is 0 Å². The first-order valence-corrected chi connectivity index (χ1v) is 7.86. The summed E-state index contributed by atoms with van der Waals surface area (Å²) >= 11 is 0. The van der Waals surface area contributed by atoms with Gasteiger partial charge in [-0.05, 0) is 43.0 Å². The number of nitrogens with zero attached hydrogens (tertiary/aromatic N) is 1. The van der Waals surface area contributed by atoms with Crippen molar-refractivity contribution in [1.29, 1.82) is 0 Å². The zero-order valence-electron chi connectivity index (χ0n) is 13.5. The van der Waals surface area contributed by atoms with E-state index in [4.69, 9.17) is 10.5 Å². The van der Waals surface area contributed by atoms with Gasteiger partial charge in [0, 0.05) is 25.8 Å². The van der Waals surface area contributed by atoms with Gasteiger partial charge in [0.25, 0.3) is 0 Å². The Kier molecular flexibility index (Phi) is 6.28. The lowest BCUT2D eigenvalue weighted by molar-refractivity contribution is 0.302. The van der Waals surface area contributed by atoms with Crippen LogP contribution in [0, 0.1) is 0 Å². The predicted octanol–water partition coefficient (Wildman–Crippen LogP) is 3.65. The number of ether oxygens (including phenoxy) is 1. The first-order chi connectivity index (χ1) is 10.7. The van der Waals surface area contributed by atoms with Crippen LogP contribution in [0.5, 0.6) is 5.75 Å². The molecule has 1 unspecified atom stereocenters. The molecule has 0 heterocycles. The van der Waals surface area contributed by atoms with E-state index in [2.05, 4.69) is 41.3 Å². The molecule has 3 nitrogen and oxygen atoms in total. The van der Waals surface area contributed by atoms with Crippen molar-refractivity contribution in [3.63, 3.8) is 0 Å². The molecule has 1 atom stereocenters. The Balaban J connectivity index is 1.80. The normalized spacial score (nSPS) is 12.0. The van der Waals surface area contributed by atoms with Crippen molar-refractivity contribution in [3.05, 3.63) is 60.2 Å². The van der Waals surface area contributed by atoms with Crippen LogP contribution in [0.25, 0.3) is 0 Å². The summed E-state index contributed by atoms with van der Waals surface area (Å²) in [5.74, 6) is 1.34. The molecule has 0 fully saturated rings. The van der Waals surface area contributed by atoms with Crippen molar-refractivity contribution in [1.82, 2.24) is 0 Å². The van der Waals surface area contributed by atoms with Crippen molar-refractivity contribution >= 4 is 5.69 Å². The van der Waals surface area contributed by atoms with Gasteiger partial charge in [-0.25, -0.2) is 0 Å². The zero-order valence-corrected chi connectivity index (χ0v) is 13.5. The van der Waals surface area contributed by atoms with E-state index in [-0.39, 0.29) is 0 Å². The minimum absolute atomic E-state index is 0.415. The van der Waals surface area contributed by atoms with Crippen molar-refractivity contribution < 1.29 is 4.74 Å². The van der Waals surface area contributed by atoms with Gasteiger partial charge < -0.3 is 15.4 Å². The van der Waals surface area contributed by atoms with E-state index in [1.165, 1.54) is 5.56 Å². The van der Waals surface area contributed by atoms with E-state index in [0.29, 0.717) is 12.5 Å². The molecule has 0 saturated heterocycles. The highest BCUT2D eigenvalue weighted by Gasteiger charge is 2.09. The topological polar surface area (TPSA) is 38.5 Å². The quantitative estimate of drug-likeness (QED) is 0.756. The monoisotopic (exact) mass is 298 g/mol. The maximum absolute atomic E-state index is 5.90. The van der Waals surface area contributed by atoms with Gasteiger partial charge in [-0.1, -0.05) is 36.4 Å². The molecule has 0 aliphatic carbocycles. The number of nitrogens with two attached hydrogens (primary N) is 1. The van der Waals surface area contributed by atoms with E-state index in [0.717, 1.165) is 30.9 Å². The molecule has 0 radical (unpaired) electrons. The average molecular weight is 298 g/mol. The van der Waals surface area contributed by atoms with E-state index >= 15 is 0 Å². The molecule has 0 aromatic heterocycles. The lowest BCUT2D eigenvalue weighted by Crippen LogP contribution is -2.13. The highest BCUT2D eigenvalue weighted by molar-refractivity contribution is 5.49. The lowest BCUT2D eigenvalue weighted by atomic mass is 9.95. The smallest absolute Gasteiger partial charge is 0.121 e. The van der Waals surface area contributed by atoms with Gasteiger partial charge in [-0.3, -0.25) is 0 Å². The lowest BCUT2D eigenvalue weighted by Gasteiger charge is -2.16. The van der Waals surface area contributed by atoms with Crippen LogP contribution in [-0.4, -0.2) is 27.2 Å². The highest BCUT2D eigenvalue weighted by atomic mass is 16.5. The fourth-order valence-electron chi connectivity index (χ4n) is 2.52. The molecule has 0 amide bonds. The summed E-state index contributed by atoms with van der Waals surface area (Å²) in [7, 11) is 4.07. The van der Waals surface area contributed by atoms with Crippen LogP contribution in [0.1, 0.15) is 24.3 Å². The summed E-state index contributed by atoms with van der Waals surface area (Å²) in [6.45, 7) is 1.40. The van der Waals surface area contributed by atoms with Crippen LogP contribution in [0.15, 0.2) is 54.6 Å². The zero-order chi connectivity index (χ0) is 15.8. The average Bonchev–Trinajstić information content (AvgIpc) is 2.56. The number of anilines is 1. The van der Waals surface area contributed by atoms with Crippen LogP contribution in [-0.2, 0) is 0 Å². The largest absolute Gasteiger partial charge is 0.494 e. The summed E-state index contributed by atoms with van der Waals surface area (Å²) in [6, 6.07) is 18.7. The molecular formula is C19H26N2O. The summed E-state index contributed by atoms with van der Waals surface area (Å²) < 4.78 is 5.86. The van der Waals surface area contributed by atoms with Gasteiger partial charge in [0.05, 0.1) is 6.61 Å². The predicted molar refractivity (Wildman–Crippen MR) is 93.7 cm³/mol. The number of hydrogen-bond acceptors (Lipinski definition) is 3. The summed E-state index contributed by atoms with van der Waals surface area (Å²) in [4.78, 5) is 2.08. The first kappa shape index (κ1) is 16.4. The van der Waals surface area contributed by atoms with Crippen molar-refractivity contribution in [2.75, 3.05) is 32.1 Å². The standard InChI is InChI=1S/C19H26N2O/c1-21(2)18-11-6-12-19(14-18)22-13-7-10-17(15-20)16-8-4-3-5-9-16/h3-6,8-9,11-12,14,17H,7,10,13,15,20H2,1-2H3. The first-order valence-electron chi connectivity index (χ1n) is 7.86. The molecule has 2 aromatic carbocycles. The second kappa shape index (κ2) is 8.44. The third kappa shape index (κ3) is 4.78. The van der Waals surface area contributed by atoms with Gasteiger partial charge in [0.1, 0.15) is 5.75 Å². The fourth-order valence-corrected chi connectivity index (χ4v) is 2.52. The Bertz CT molecular complexity index is 554. The van der Waals surface area contributed by atoms with E-state index in [9.17, 15) is 0 Å². The maximum Gasteiger partial charge on any atom is 0.121 e. The van der Waals surface area contributed by atoms with Crippen LogP contribution in [0.3, 0.4) is 0 Å². The molecule has 0 saturated carbocycles. The molecule has 2 N–H and O–H groups in total. The molecule has 22 heavy (non-hydrogen) atoms. The minimum Gasteiger partial charge on any atom is -0.494 e. The van der Waals surface area contributed by atoms with Gasteiger partial charge >= 0.3 is 0 Å². The van der Waals surface area contributed by atoms with Crippen molar-refractivity contribution in [2.24, 2.45) is 5.73 Å². The van der Waals surface area contributed by atoms with Crippen LogP contribution in [0.2, 0.25) is 0 Å². The number of benzene rings is 2. The number of hydrogen-bond donors (Lipinski definition) is 1. The highest BCUT2D eigenvalue weighted by Crippen LogP contribution is 2.22. The van der Waals surface area contributed by atoms with E-state index < -0.39 is 0 Å². The Labute approximate surface area is 133 Å². The van der Waals surface area contributed by atoms with Crippen molar-refractivity contribution in [3.8, 4) is 5.75 Å². The van der Waals surface area contributed by atoms with Gasteiger partial charge in [0.15, 0.2) is 0 Å². The molecule has 0 spiro atoms. The van der Waals surface area contributed by atoms with Gasteiger partial charge in [-0.15, -0.1) is 0 Å². The second-order valence-electron chi connectivity index (χ2n) is 5.73. The third-order valence-corrected chi connectivity index (χ3v) is 3.86. The Morgan fingerprint density at radius 2 is 1.82 bits per heavy atom. The molecule has 118 valence electrons. The Morgan fingerprint density at radius 3 is 2.50 bits per heavy atom.